The van der Waals surface area contributed by atoms with Gasteiger partial charge in [0.15, 0.2) is 17.3 Å². The quantitative estimate of drug-likeness (QED) is 0.287. The number of phenols is 4. The number of phenolic OH excluding ortho intramolecular Hbond substituents is 4. The lowest BCUT2D eigenvalue weighted by Crippen LogP contribution is -2.55. The van der Waals surface area contributed by atoms with Crippen molar-refractivity contribution in [3.8, 4) is 28.7 Å². The number of hydrogen-bond donors (Lipinski definition) is 8. The minimum absolute atomic E-state index is 0.165. The van der Waals surface area contributed by atoms with Gasteiger partial charge in [-0.3, -0.25) is 4.79 Å². The normalized spacial score (nSPS) is 29.9. The summed E-state index contributed by atoms with van der Waals surface area (Å²) in [5, 5.41) is 80.1. The van der Waals surface area contributed by atoms with Crippen molar-refractivity contribution in [3.63, 3.8) is 0 Å². The summed E-state index contributed by atoms with van der Waals surface area (Å²) >= 11 is 0. The molecule has 2 aromatic carbocycles. The number of carbonyl (C=O) groups is 1. The highest BCUT2D eigenvalue weighted by molar-refractivity contribution is 6.03. The van der Waals surface area contributed by atoms with Crippen molar-refractivity contribution < 1.29 is 55.1 Å². The van der Waals surface area contributed by atoms with Crippen LogP contribution in [-0.4, -0.2) is 77.7 Å². The first-order valence-electron chi connectivity index (χ1n) is 9.75. The molecule has 0 bridgehead atoms. The van der Waals surface area contributed by atoms with E-state index in [-0.39, 0.29) is 23.5 Å². The maximum atomic E-state index is 12.8. The highest BCUT2D eigenvalue weighted by atomic mass is 16.5. The Kier molecular flexibility index (Phi) is 5.61. The lowest BCUT2D eigenvalue weighted by molar-refractivity contribution is -0.232. The predicted molar refractivity (Wildman–Crippen MR) is 105 cm³/mol. The minimum Gasteiger partial charge on any atom is -0.507 e. The van der Waals surface area contributed by atoms with E-state index in [4.69, 9.17) is 9.47 Å². The fraction of sp³-hybridized carbons (Fsp3) is 0.381. The van der Waals surface area contributed by atoms with Crippen molar-refractivity contribution in [3.05, 3.63) is 41.0 Å². The maximum absolute atomic E-state index is 12.8. The summed E-state index contributed by atoms with van der Waals surface area (Å²) in [5.74, 6) is -2.85. The number of ketones is 1. The van der Waals surface area contributed by atoms with E-state index in [1.807, 2.05) is 0 Å². The number of aliphatic hydroxyl groups is 4. The van der Waals surface area contributed by atoms with Gasteiger partial charge >= 0.3 is 0 Å². The monoisotopic (exact) mass is 450 g/mol. The highest BCUT2D eigenvalue weighted by Gasteiger charge is 2.47. The molecule has 0 amide bonds. The SMILES string of the molecule is O=C1C[C@H](c2ccc(O)c(O)c2)Oc2cc(O)c([C@@H]3O[C@@H](CO)[C@@H](O)[C@@H](O)[C@H]3O)c(O)c21. The van der Waals surface area contributed by atoms with Gasteiger partial charge in [-0.15, -0.1) is 0 Å². The molecule has 6 atom stereocenters. The van der Waals surface area contributed by atoms with Crippen LogP contribution in [0.4, 0.5) is 0 Å². The summed E-state index contributed by atoms with van der Waals surface area (Å²) in [6.07, 6.45) is -9.14. The van der Waals surface area contributed by atoms with Gasteiger partial charge in [-0.05, 0) is 17.7 Å². The molecule has 0 spiro atoms. The Hall–Kier alpha value is -3.09. The van der Waals surface area contributed by atoms with Crippen LogP contribution >= 0.6 is 0 Å². The van der Waals surface area contributed by atoms with E-state index in [0.29, 0.717) is 5.56 Å². The molecule has 1 fully saturated rings. The standard InChI is InChI=1S/C21H22O11/c22-6-14-17(27)19(29)20(30)21(32-14)16-11(26)5-13-15(18(16)28)10(25)4-12(31-13)7-1-2-8(23)9(24)3-7/h1-3,5,12,14,17,19-24,26-30H,4,6H2/t12-,14+,17-,19-,20-,21+/m1/s1. The second-order valence-corrected chi connectivity index (χ2v) is 7.76. The van der Waals surface area contributed by atoms with E-state index in [2.05, 4.69) is 0 Å². The molecule has 0 saturated carbocycles. The maximum Gasteiger partial charge on any atom is 0.174 e. The molecule has 0 aromatic heterocycles. The Balaban J connectivity index is 1.72. The van der Waals surface area contributed by atoms with Crippen LogP contribution < -0.4 is 4.74 Å². The largest absolute Gasteiger partial charge is 0.507 e. The Morgan fingerprint density at radius 3 is 2.28 bits per heavy atom. The highest BCUT2D eigenvalue weighted by Crippen LogP contribution is 2.49. The number of ether oxygens (including phenoxy) is 2. The molecule has 172 valence electrons. The number of aromatic hydroxyl groups is 4. The summed E-state index contributed by atoms with van der Waals surface area (Å²) in [4.78, 5) is 12.8. The number of fused-ring (bicyclic) bond motifs is 1. The third kappa shape index (κ3) is 3.49. The number of benzene rings is 2. The zero-order valence-corrected chi connectivity index (χ0v) is 16.5. The van der Waals surface area contributed by atoms with Gasteiger partial charge < -0.3 is 50.3 Å². The second kappa shape index (κ2) is 8.11. The van der Waals surface area contributed by atoms with Crippen molar-refractivity contribution in [2.24, 2.45) is 0 Å². The Morgan fingerprint density at radius 1 is 0.906 bits per heavy atom. The van der Waals surface area contributed by atoms with E-state index in [0.717, 1.165) is 6.07 Å². The summed E-state index contributed by atoms with van der Waals surface area (Å²) in [6, 6.07) is 4.93. The average Bonchev–Trinajstić information content (AvgIpc) is 2.74. The zero-order valence-electron chi connectivity index (χ0n) is 16.5. The van der Waals surface area contributed by atoms with Crippen molar-refractivity contribution in [1.29, 1.82) is 0 Å². The van der Waals surface area contributed by atoms with Crippen LogP contribution in [0, 0.1) is 0 Å². The van der Waals surface area contributed by atoms with Crippen LogP contribution in [0.3, 0.4) is 0 Å². The number of rotatable bonds is 3. The molecule has 2 aliphatic rings. The number of carbonyl (C=O) groups excluding carboxylic acids is 1. The van der Waals surface area contributed by atoms with E-state index in [1.165, 1.54) is 18.2 Å². The molecule has 11 nitrogen and oxygen atoms in total. The van der Waals surface area contributed by atoms with Gasteiger partial charge in [0.2, 0.25) is 0 Å². The lowest BCUT2D eigenvalue weighted by Gasteiger charge is -2.40. The van der Waals surface area contributed by atoms with Crippen LogP contribution in [0.15, 0.2) is 24.3 Å². The van der Waals surface area contributed by atoms with Crippen molar-refractivity contribution in [2.75, 3.05) is 6.61 Å². The van der Waals surface area contributed by atoms with Crippen LogP contribution in [0.1, 0.15) is 40.1 Å². The van der Waals surface area contributed by atoms with E-state index >= 15 is 0 Å². The molecule has 2 aromatic rings. The first-order chi connectivity index (χ1) is 15.1. The summed E-state index contributed by atoms with van der Waals surface area (Å²) < 4.78 is 11.1. The third-order valence-corrected chi connectivity index (χ3v) is 5.75. The average molecular weight is 450 g/mol. The third-order valence-electron chi connectivity index (χ3n) is 5.75. The van der Waals surface area contributed by atoms with Crippen LogP contribution in [-0.2, 0) is 4.74 Å². The molecule has 11 heteroatoms. The summed E-state index contributed by atoms with van der Waals surface area (Å²) in [5.41, 5.74) is -0.316. The molecule has 0 radical (unpaired) electrons. The minimum atomic E-state index is -1.78. The lowest BCUT2D eigenvalue weighted by atomic mass is 9.87. The molecule has 2 aliphatic heterocycles. The first-order valence-corrected chi connectivity index (χ1v) is 9.75. The van der Waals surface area contributed by atoms with Gasteiger partial charge in [0.25, 0.3) is 0 Å². The van der Waals surface area contributed by atoms with Gasteiger partial charge in [-0.25, -0.2) is 0 Å². The summed E-state index contributed by atoms with van der Waals surface area (Å²) in [6.45, 7) is -0.711. The van der Waals surface area contributed by atoms with Gasteiger partial charge in [0.1, 0.15) is 59.4 Å². The van der Waals surface area contributed by atoms with E-state index < -0.39 is 71.8 Å². The Labute approximate surface area is 181 Å². The Morgan fingerprint density at radius 2 is 1.62 bits per heavy atom. The van der Waals surface area contributed by atoms with Gasteiger partial charge in [0, 0.05) is 6.07 Å². The molecule has 1 saturated heterocycles. The van der Waals surface area contributed by atoms with E-state index in [1.54, 1.807) is 0 Å². The van der Waals surface area contributed by atoms with E-state index in [9.17, 15) is 45.6 Å². The molecule has 4 rings (SSSR count). The van der Waals surface area contributed by atoms with Crippen molar-refractivity contribution in [1.82, 2.24) is 0 Å². The number of Topliss-reactive ketones (excluding diaryl/α,β-unsaturated/α-hetero) is 1. The smallest absolute Gasteiger partial charge is 0.174 e. The molecule has 0 aliphatic carbocycles. The fourth-order valence-corrected chi connectivity index (χ4v) is 4.02. The number of aliphatic hydroxyl groups excluding tert-OH is 4. The van der Waals surface area contributed by atoms with Crippen molar-refractivity contribution >= 4 is 5.78 Å². The van der Waals surface area contributed by atoms with Crippen LogP contribution in [0.2, 0.25) is 0 Å². The molecular weight excluding hydrogens is 428 g/mol. The first kappa shape index (κ1) is 22.1. The van der Waals surface area contributed by atoms with Gasteiger partial charge in [-0.2, -0.15) is 0 Å². The zero-order chi connectivity index (χ0) is 23.3. The molecule has 0 unspecified atom stereocenters. The molecular formula is C21H22O11. The summed E-state index contributed by atoms with van der Waals surface area (Å²) in [7, 11) is 0. The predicted octanol–water partition coefficient (Wildman–Crippen LogP) is -0.270. The topological polar surface area (TPSA) is 197 Å². The van der Waals surface area contributed by atoms with Crippen LogP contribution in [0.25, 0.3) is 0 Å². The van der Waals surface area contributed by atoms with Crippen LogP contribution in [0.5, 0.6) is 28.7 Å². The molecule has 32 heavy (non-hydrogen) atoms. The second-order valence-electron chi connectivity index (χ2n) is 7.76. The van der Waals surface area contributed by atoms with Gasteiger partial charge in [-0.1, -0.05) is 6.07 Å². The fourth-order valence-electron chi connectivity index (χ4n) is 4.02. The molecule has 2 heterocycles. The van der Waals surface area contributed by atoms with Crippen molar-refractivity contribution in [2.45, 2.75) is 43.0 Å². The Bertz CT molecular complexity index is 1050. The number of hydrogen-bond acceptors (Lipinski definition) is 11. The molecule has 8 N–H and O–H groups in total. The van der Waals surface area contributed by atoms with Gasteiger partial charge in [0.05, 0.1) is 18.6 Å².